The van der Waals surface area contributed by atoms with Crippen molar-refractivity contribution >= 4 is 0 Å². The first-order valence-electron chi connectivity index (χ1n) is 6.31. The first-order chi connectivity index (χ1) is 8.29. The van der Waals surface area contributed by atoms with Gasteiger partial charge in [-0.05, 0) is 30.9 Å². The van der Waals surface area contributed by atoms with Gasteiger partial charge in [0.05, 0.1) is 12.6 Å². The van der Waals surface area contributed by atoms with Crippen LogP contribution in [0.3, 0.4) is 0 Å². The van der Waals surface area contributed by atoms with E-state index in [1.807, 2.05) is 12.4 Å². The molecule has 1 fully saturated rings. The summed E-state index contributed by atoms with van der Waals surface area (Å²) in [6.45, 7) is 3.44. The fraction of sp³-hybridized carbons (Fsp3) is 0.571. The smallest absolute Gasteiger partial charge is 0.0871 e. The molecule has 0 amide bonds. The van der Waals surface area contributed by atoms with Crippen molar-refractivity contribution in [3.63, 3.8) is 0 Å². The van der Waals surface area contributed by atoms with Crippen LogP contribution >= 0.6 is 0 Å². The summed E-state index contributed by atoms with van der Waals surface area (Å²) in [5.74, 6) is 0. The largest absolute Gasteiger partial charge is 0.283 e. The molecule has 0 bridgehead atoms. The lowest BCUT2D eigenvalue weighted by molar-refractivity contribution is 0.214. The van der Waals surface area contributed by atoms with Crippen LogP contribution in [0.25, 0.3) is 0 Å². The molecule has 3 heteroatoms. The average molecular weight is 229 g/mol. The first kappa shape index (κ1) is 12.1. The molecule has 3 nitrogen and oxygen atoms in total. The van der Waals surface area contributed by atoms with Crippen LogP contribution in [0.2, 0.25) is 0 Å². The maximum atomic E-state index is 8.92. The minimum absolute atomic E-state index is 0.526. The Morgan fingerprint density at radius 1 is 1.41 bits per heavy atom. The summed E-state index contributed by atoms with van der Waals surface area (Å²) in [5.41, 5.74) is 2.40. The zero-order valence-corrected chi connectivity index (χ0v) is 10.4. The van der Waals surface area contributed by atoms with E-state index in [2.05, 4.69) is 28.9 Å². The second-order valence-electron chi connectivity index (χ2n) is 4.87. The van der Waals surface area contributed by atoms with Crippen molar-refractivity contribution in [3.8, 4) is 6.07 Å². The molecule has 17 heavy (non-hydrogen) atoms. The lowest BCUT2D eigenvalue weighted by Gasteiger charge is -2.26. The van der Waals surface area contributed by atoms with Crippen LogP contribution in [0.5, 0.6) is 0 Å². The number of hydrogen-bond donors (Lipinski definition) is 0. The van der Waals surface area contributed by atoms with E-state index in [0.29, 0.717) is 12.6 Å². The van der Waals surface area contributed by atoms with Gasteiger partial charge in [-0.25, -0.2) is 0 Å². The standard InChI is InChI=1S/C14H19N3/c1-12-8-13(10-16-9-12)11-17(7-6-15)14-4-2-3-5-14/h8-10,14H,2-5,7,11H2,1H3. The van der Waals surface area contributed by atoms with Crippen LogP contribution in [0, 0.1) is 18.3 Å². The van der Waals surface area contributed by atoms with Gasteiger partial charge in [0.2, 0.25) is 0 Å². The predicted molar refractivity (Wildman–Crippen MR) is 67.3 cm³/mol. The average Bonchev–Trinajstić information content (AvgIpc) is 2.82. The van der Waals surface area contributed by atoms with Gasteiger partial charge >= 0.3 is 0 Å². The molecule has 0 saturated heterocycles. The third-order valence-electron chi connectivity index (χ3n) is 3.43. The Morgan fingerprint density at radius 3 is 2.82 bits per heavy atom. The molecule has 1 aromatic heterocycles. The van der Waals surface area contributed by atoms with Crippen LogP contribution in [-0.2, 0) is 6.54 Å². The number of aryl methyl sites for hydroxylation is 1. The molecule has 1 aliphatic rings. The molecule has 0 unspecified atom stereocenters. The molecule has 1 aromatic rings. The Hall–Kier alpha value is -1.40. The molecule has 0 spiro atoms. The third-order valence-corrected chi connectivity index (χ3v) is 3.43. The summed E-state index contributed by atoms with van der Waals surface area (Å²) >= 11 is 0. The number of pyridine rings is 1. The lowest BCUT2D eigenvalue weighted by atomic mass is 10.1. The molecule has 0 N–H and O–H groups in total. The van der Waals surface area contributed by atoms with E-state index >= 15 is 0 Å². The Balaban J connectivity index is 2.04. The highest BCUT2D eigenvalue weighted by Gasteiger charge is 2.22. The Bertz CT molecular complexity index is 402. The highest BCUT2D eigenvalue weighted by atomic mass is 15.2. The zero-order chi connectivity index (χ0) is 12.1. The first-order valence-corrected chi connectivity index (χ1v) is 6.31. The second-order valence-corrected chi connectivity index (χ2v) is 4.87. The van der Waals surface area contributed by atoms with Crippen molar-refractivity contribution in [2.24, 2.45) is 0 Å². The Kier molecular flexibility index (Phi) is 4.11. The van der Waals surface area contributed by atoms with Gasteiger partial charge in [-0.2, -0.15) is 5.26 Å². The maximum absolute atomic E-state index is 8.92. The molecule has 90 valence electrons. The van der Waals surface area contributed by atoms with E-state index in [0.717, 1.165) is 6.54 Å². The van der Waals surface area contributed by atoms with Crippen LogP contribution in [0.15, 0.2) is 18.5 Å². The van der Waals surface area contributed by atoms with Crippen molar-refractivity contribution in [1.82, 2.24) is 9.88 Å². The lowest BCUT2D eigenvalue weighted by Crippen LogP contribution is -2.33. The SMILES string of the molecule is Cc1cncc(CN(CC#N)C2CCCC2)c1. The third kappa shape index (κ3) is 3.28. The van der Waals surface area contributed by atoms with Crippen LogP contribution < -0.4 is 0 Å². The van der Waals surface area contributed by atoms with Gasteiger partial charge in [-0.1, -0.05) is 18.9 Å². The van der Waals surface area contributed by atoms with E-state index in [-0.39, 0.29) is 0 Å². The van der Waals surface area contributed by atoms with Crippen molar-refractivity contribution in [1.29, 1.82) is 5.26 Å². The number of aromatic nitrogens is 1. The summed E-state index contributed by atoms with van der Waals surface area (Å²) in [7, 11) is 0. The van der Waals surface area contributed by atoms with Gasteiger partial charge in [0.1, 0.15) is 0 Å². The molecule has 0 atom stereocenters. The van der Waals surface area contributed by atoms with Crippen LogP contribution in [0.1, 0.15) is 36.8 Å². The quantitative estimate of drug-likeness (QED) is 0.745. The molecule has 1 saturated carbocycles. The van der Waals surface area contributed by atoms with Gasteiger partial charge in [-0.15, -0.1) is 0 Å². The summed E-state index contributed by atoms with van der Waals surface area (Å²) in [6, 6.07) is 5.04. The molecule has 0 radical (unpaired) electrons. The van der Waals surface area contributed by atoms with E-state index in [4.69, 9.17) is 5.26 Å². The van der Waals surface area contributed by atoms with Gasteiger partial charge < -0.3 is 0 Å². The molecule has 0 aromatic carbocycles. The molecular weight excluding hydrogens is 210 g/mol. The molecule has 0 aliphatic heterocycles. The maximum Gasteiger partial charge on any atom is 0.0871 e. The molecule has 1 heterocycles. The Morgan fingerprint density at radius 2 is 2.18 bits per heavy atom. The summed E-state index contributed by atoms with van der Waals surface area (Å²) in [4.78, 5) is 6.51. The number of nitriles is 1. The normalized spacial score (nSPS) is 16.3. The Labute approximate surface area is 103 Å². The van der Waals surface area contributed by atoms with Crippen LogP contribution in [-0.4, -0.2) is 22.5 Å². The van der Waals surface area contributed by atoms with E-state index in [1.165, 1.54) is 36.8 Å². The van der Waals surface area contributed by atoms with E-state index in [1.54, 1.807) is 0 Å². The molecule has 2 rings (SSSR count). The van der Waals surface area contributed by atoms with Crippen molar-refractivity contribution in [3.05, 3.63) is 29.6 Å². The fourth-order valence-electron chi connectivity index (χ4n) is 2.61. The van der Waals surface area contributed by atoms with Crippen molar-refractivity contribution < 1.29 is 0 Å². The molecular formula is C14H19N3. The number of hydrogen-bond acceptors (Lipinski definition) is 3. The van der Waals surface area contributed by atoms with Gasteiger partial charge in [-0.3, -0.25) is 9.88 Å². The predicted octanol–water partition coefficient (Wildman–Crippen LogP) is 2.66. The van der Waals surface area contributed by atoms with E-state index in [9.17, 15) is 0 Å². The minimum Gasteiger partial charge on any atom is -0.283 e. The highest BCUT2D eigenvalue weighted by Crippen LogP contribution is 2.24. The second kappa shape index (κ2) is 5.79. The van der Waals surface area contributed by atoms with Gasteiger partial charge in [0, 0.05) is 25.0 Å². The zero-order valence-electron chi connectivity index (χ0n) is 10.4. The molecule has 1 aliphatic carbocycles. The van der Waals surface area contributed by atoms with E-state index < -0.39 is 0 Å². The fourth-order valence-corrected chi connectivity index (χ4v) is 2.61. The van der Waals surface area contributed by atoms with Gasteiger partial charge in [0.25, 0.3) is 0 Å². The van der Waals surface area contributed by atoms with Crippen molar-refractivity contribution in [2.75, 3.05) is 6.54 Å². The van der Waals surface area contributed by atoms with Gasteiger partial charge in [0.15, 0.2) is 0 Å². The summed E-state index contributed by atoms with van der Waals surface area (Å²) < 4.78 is 0. The topological polar surface area (TPSA) is 39.9 Å². The summed E-state index contributed by atoms with van der Waals surface area (Å²) in [5, 5.41) is 8.92. The number of rotatable bonds is 4. The van der Waals surface area contributed by atoms with Crippen LogP contribution in [0.4, 0.5) is 0 Å². The summed E-state index contributed by atoms with van der Waals surface area (Å²) in [6.07, 6.45) is 8.86. The monoisotopic (exact) mass is 229 g/mol. The number of nitrogens with zero attached hydrogens (tertiary/aromatic N) is 3. The minimum atomic E-state index is 0.526. The highest BCUT2D eigenvalue weighted by molar-refractivity contribution is 5.16. The van der Waals surface area contributed by atoms with Crippen molar-refractivity contribution in [2.45, 2.75) is 45.2 Å².